The van der Waals surface area contributed by atoms with Crippen molar-refractivity contribution in [2.75, 3.05) is 31.1 Å². The van der Waals surface area contributed by atoms with Crippen molar-refractivity contribution in [3.8, 4) is 11.1 Å². The number of fused-ring (bicyclic) bond motifs is 1. The van der Waals surface area contributed by atoms with Gasteiger partial charge in [0.05, 0.1) is 5.56 Å². The first-order chi connectivity index (χ1) is 15.1. The second kappa shape index (κ2) is 8.02. The molecule has 2 aromatic carbocycles. The van der Waals surface area contributed by atoms with E-state index in [1.165, 1.54) is 12.1 Å². The highest BCUT2D eigenvalue weighted by Crippen LogP contribution is 2.30. The first-order valence-corrected chi connectivity index (χ1v) is 10.7. The molecule has 0 N–H and O–H groups in total. The lowest BCUT2D eigenvalue weighted by Gasteiger charge is -2.36. The van der Waals surface area contributed by atoms with Crippen LogP contribution in [0.2, 0.25) is 0 Å². The number of anilines is 1. The van der Waals surface area contributed by atoms with E-state index in [4.69, 9.17) is 0 Å². The molecule has 0 saturated carbocycles. The predicted octanol–water partition coefficient (Wildman–Crippen LogP) is 3.56. The van der Waals surface area contributed by atoms with Gasteiger partial charge in [0.15, 0.2) is 0 Å². The van der Waals surface area contributed by atoms with Gasteiger partial charge in [0.1, 0.15) is 5.82 Å². The topological polar surface area (TPSA) is 45.6 Å². The van der Waals surface area contributed by atoms with Crippen LogP contribution in [-0.2, 0) is 13.0 Å². The van der Waals surface area contributed by atoms with E-state index in [2.05, 4.69) is 4.90 Å². The fourth-order valence-corrected chi connectivity index (χ4v) is 4.67. The lowest BCUT2D eigenvalue weighted by Crippen LogP contribution is -2.49. The minimum absolute atomic E-state index is 0.0109. The van der Waals surface area contributed by atoms with E-state index >= 15 is 0 Å². The zero-order chi connectivity index (χ0) is 21.4. The SMILES string of the molecule is O=C(c1c(-c2ccccc2)cc(=O)n2c1CCC2)N1CCN(c2ccc(F)cc2)CC1. The van der Waals surface area contributed by atoms with Gasteiger partial charge in [-0.05, 0) is 42.7 Å². The molecule has 6 heteroatoms. The number of carbonyl (C=O) groups excluding carboxylic acids is 1. The minimum Gasteiger partial charge on any atom is -0.368 e. The van der Waals surface area contributed by atoms with Gasteiger partial charge in [-0.2, -0.15) is 0 Å². The number of aromatic nitrogens is 1. The van der Waals surface area contributed by atoms with Gasteiger partial charge in [0.25, 0.3) is 11.5 Å². The number of nitrogens with zero attached hydrogens (tertiary/aromatic N) is 3. The van der Waals surface area contributed by atoms with Crippen LogP contribution >= 0.6 is 0 Å². The second-order valence-corrected chi connectivity index (χ2v) is 8.09. The number of pyridine rings is 1. The van der Waals surface area contributed by atoms with E-state index in [0.29, 0.717) is 38.3 Å². The smallest absolute Gasteiger partial charge is 0.256 e. The van der Waals surface area contributed by atoms with E-state index in [0.717, 1.165) is 35.3 Å². The maximum absolute atomic E-state index is 13.7. The fraction of sp³-hybridized carbons (Fsp3) is 0.280. The molecule has 0 bridgehead atoms. The van der Waals surface area contributed by atoms with Crippen molar-refractivity contribution in [1.29, 1.82) is 0 Å². The molecule has 5 nitrogen and oxygen atoms in total. The monoisotopic (exact) mass is 417 g/mol. The molecule has 1 fully saturated rings. The van der Waals surface area contributed by atoms with Gasteiger partial charge in [0, 0.05) is 55.7 Å². The van der Waals surface area contributed by atoms with Gasteiger partial charge in [0.2, 0.25) is 0 Å². The Balaban J connectivity index is 1.45. The third kappa shape index (κ3) is 3.63. The van der Waals surface area contributed by atoms with Crippen molar-refractivity contribution in [1.82, 2.24) is 9.47 Å². The Morgan fingerprint density at radius 1 is 0.871 bits per heavy atom. The Bertz CT molecular complexity index is 1160. The average Bonchev–Trinajstić information content (AvgIpc) is 3.30. The summed E-state index contributed by atoms with van der Waals surface area (Å²) in [6.07, 6.45) is 1.62. The minimum atomic E-state index is -0.251. The Hall–Kier alpha value is -3.41. The summed E-state index contributed by atoms with van der Waals surface area (Å²) in [5.74, 6) is -0.262. The molecular weight excluding hydrogens is 393 g/mol. The van der Waals surface area contributed by atoms with Crippen LogP contribution in [0.3, 0.4) is 0 Å². The molecule has 0 spiro atoms. The summed E-state index contributed by atoms with van der Waals surface area (Å²) in [6.45, 7) is 3.22. The molecule has 1 aromatic heterocycles. The largest absolute Gasteiger partial charge is 0.368 e. The molecular formula is C25H24FN3O2. The van der Waals surface area contributed by atoms with Crippen LogP contribution in [0.1, 0.15) is 22.5 Å². The van der Waals surface area contributed by atoms with Crippen molar-refractivity contribution in [3.05, 3.63) is 88.1 Å². The molecule has 1 amide bonds. The third-order valence-corrected chi connectivity index (χ3v) is 6.27. The molecule has 5 rings (SSSR count). The lowest BCUT2D eigenvalue weighted by molar-refractivity contribution is 0.0745. The highest BCUT2D eigenvalue weighted by Gasteiger charge is 2.30. The third-order valence-electron chi connectivity index (χ3n) is 6.27. The van der Waals surface area contributed by atoms with Crippen molar-refractivity contribution in [3.63, 3.8) is 0 Å². The molecule has 0 atom stereocenters. The highest BCUT2D eigenvalue weighted by atomic mass is 19.1. The molecule has 31 heavy (non-hydrogen) atoms. The standard InChI is InChI=1S/C25H24FN3O2/c26-19-8-10-20(11-9-19)27-13-15-28(16-14-27)25(31)24-21(18-5-2-1-3-6-18)17-23(30)29-12-4-7-22(24)29/h1-3,5-6,8-11,17H,4,7,12-16H2. The molecule has 2 aliphatic heterocycles. The first-order valence-electron chi connectivity index (χ1n) is 10.7. The van der Waals surface area contributed by atoms with Gasteiger partial charge in [-0.1, -0.05) is 30.3 Å². The summed E-state index contributed by atoms with van der Waals surface area (Å²) < 4.78 is 15.0. The maximum atomic E-state index is 13.7. The summed E-state index contributed by atoms with van der Waals surface area (Å²) in [4.78, 5) is 30.4. The zero-order valence-electron chi connectivity index (χ0n) is 17.3. The van der Waals surface area contributed by atoms with E-state index in [-0.39, 0.29) is 17.3 Å². The Morgan fingerprint density at radius 2 is 1.58 bits per heavy atom. The van der Waals surface area contributed by atoms with Crippen LogP contribution in [0.25, 0.3) is 11.1 Å². The number of carbonyl (C=O) groups is 1. The zero-order valence-corrected chi connectivity index (χ0v) is 17.3. The number of benzene rings is 2. The summed E-state index contributed by atoms with van der Waals surface area (Å²) in [5, 5.41) is 0. The number of amides is 1. The predicted molar refractivity (Wildman–Crippen MR) is 119 cm³/mol. The van der Waals surface area contributed by atoms with E-state index in [1.807, 2.05) is 35.2 Å². The van der Waals surface area contributed by atoms with Crippen molar-refractivity contribution in [2.45, 2.75) is 19.4 Å². The van der Waals surface area contributed by atoms with Gasteiger partial charge in [-0.25, -0.2) is 4.39 Å². The lowest BCUT2D eigenvalue weighted by atomic mass is 9.96. The molecule has 0 radical (unpaired) electrons. The van der Waals surface area contributed by atoms with E-state index < -0.39 is 0 Å². The van der Waals surface area contributed by atoms with Gasteiger partial charge >= 0.3 is 0 Å². The molecule has 3 heterocycles. The van der Waals surface area contributed by atoms with Gasteiger partial charge < -0.3 is 14.4 Å². The maximum Gasteiger partial charge on any atom is 0.256 e. The summed E-state index contributed by atoms with van der Waals surface area (Å²) >= 11 is 0. The number of rotatable bonds is 3. The number of piperazine rings is 1. The van der Waals surface area contributed by atoms with Crippen molar-refractivity contribution < 1.29 is 9.18 Å². The molecule has 0 aliphatic carbocycles. The Kier molecular flexibility index (Phi) is 5.06. The Morgan fingerprint density at radius 3 is 2.29 bits per heavy atom. The first kappa shape index (κ1) is 19.5. The number of hydrogen-bond donors (Lipinski definition) is 0. The molecule has 2 aliphatic rings. The normalized spacial score (nSPS) is 15.8. The highest BCUT2D eigenvalue weighted by molar-refractivity contribution is 6.02. The van der Waals surface area contributed by atoms with Crippen LogP contribution in [-0.4, -0.2) is 41.6 Å². The number of hydrogen-bond acceptors (Lipinski definition) is 3. The van der Waals surface area contributed by atoms with Crippen LogP contribution in [0.4, 0.5) is 10.1 Å². The van der Waals surface area contributed by atoms with Gasteiger partial charge in [-0.3, -0.25) is 9.59 Å². The fourth-order valence-electron chi connectivity index (χ4n) is 4.67. The summed E-state index contributed by atoms with van der Waals surface area (Å²) in [5.41, 5.74) is 4.07. The second-order valence-electron chi connectivity index (χ2n) is 8.09. The van der Waals surface area contributed by atoms with Crippen LogP contribution in [0, 0.1) is 5.82 Å². The summed E-state index contributed by atoms with van der Waals surface area (Å²) in [6, 6.07) is 17.8. The molecule has 0 unspecified atom stereocenters. The van der Waals surface area contributed by atoms with Crippen molar-refractivity contribution >= 4 is 11.6 Å². The number of halogens is 1. The average molecular weight is 417 g/mol. The van der Waals surface area contributed by atoms with Crippen molar-refractivity contribution in [2.24, 2.45) is 0 Å². The van der Waals surface area contributed by atoms with E-state index in [9.17, 15) is 14.0 Å². The Labute approximate surface area is 180 Å². The summed E-state index contributed by atoms with van der Waals surface area (Å²) in [7, 11) is 0. The molecule has 158 valence electrons. The molecule has 3 aromatic rings. The van der Waals surface area contributed by atoms with Crippen LogP contribution in [0.5, 0.6) is 0 Å². The van der Waals surface area contributed by atoms with Crippen LogP contribution in [0.15, 0.2) is 65.5 Å². The van der Waals surface area contributed by atoms with Gasteiger partial charge in [-0.15, -0.1) is 0 Å². The van der Waals surface area contributed by atoms with Crippen LogP contribution < -0.4 is 10.5 Å². The van der Waals surface area contributed by atoms with E-state index in [1.54, 1.807) is 22.8 Å². The molecule has 1 saturated heterocycles. The quantitative estimate of drug-likeness (QED) is 0.655.